The van der Waals surface area contributed by atoms with Crippen molar-refractivity contribution >= 4 is 17.2 Å². The van der Waals surface area contributed by atoms with Crippen LogP contribution in [0.2, 0.25) is 0 Å². The molecule has 0 aliphatic heterocycles. The van der Waals surface area contributed by atoms with Crippen LogP contribution in [-0.4, -0.2) is 19.8 Å². The number of alkyl halides is 3. The molecule has 2 heterocycles. The maximum atomic E-state index is 12.7. The monoisotopic (exact) mass is 286 g/mol. The van der Waals surface area contributed by atoms with Crippen LogP contribution in [0.5, 0.6) is 0 Å². The summed E-state index contributed by atoms with van der Waals surface area (Å²) < 4.78 is 39.2. The Morgan fingerprint density at radius 1 is 1.37 bits per heavy atom. The highest BCUT2D eigenvalue weighted by molar-refractivity contribution is 7.80. The van der Waals surface area contributed by atoms with Gasteiger partial charge in [-0.05, 0) is 24.6 Å². The maximum absolute atomic E-state index is 12.7. The molecule has 0 aliphatic carbocycles. The number of aryl methyl sites for hydroxylation is 1. The summed E-state index contributed by atoms with van der Waals surface area (Å²) in [5.74, 6) is -0.0320. The van der Waals surface area contributed by atoms with Gasteiger partial charge in [-0.15, -0.1) is 0 Å². The minimum atomic E-state index is -4.54. The number of nitrogens with zero attached hydrogens (tertiary/aromatic N) is 3. The molecule has 2 rings (SSSR count). The normalized spacial score (nSPS) is 11.6. The lowest BCUT2D eigenvalue weighted by atomic mass is 10.2. The molecular formula is C11H9F3N4S. The smallest absolute Gasteiger partial charge is 0.389 e. The molecule has 0 saturated carbocycles. The molecule has 0 amide bonds. The van der Waals surface area contributed by atoms with Gasteiger partial charge in [0.25, 0.3) is 0 Å². The van der Waals surface area contributed by atoms with Crippen molar-refractivity contribution in [3.8, 4) is 5.82 Å². The summed E-state index contributed by atoms with van der Waals surface area (Å²) in [7, 11) is 0. The zero-order chi connectivity index (χ0) is 14.2. The van der Waals surface area contributed by atoms with Crippen LogP contribution in [-0.2, 0) is 6.18 Å². The number of halogens is 3. The van der Waals surface area contributed by atoms with Crippen LogP contribution in [0.1, 0.15) is 16.8 Å². The van der Waals surface area contributed by atoms with Gasteiger partial charge in [-0.2, -0.15) is 18.3 Å². The second-order valence-electron chi connectivity index (χ2n) is 3.89. The Bertz CT molecular complexity index is 633. The maximum Gasteiger partial charge on any atom is 0.433 e. The lowest BCUT2D eigenvalue weighted by molar-refractivity contribution is -0.141. The van der Waals surface area contributed by atoms with E-state index in [4.69, 9.17) is 18.0 Å². The van der Waals surface area contributed by atoms with Crippen molar-refractivity contribution in [1.82, 2.24) is 14.8 Å². The van der Waals surface area contributed by atoms with Crippen molar-refractivity contribution in [1.29, 1.82) is 0 Å². The Hall–Kier alpha value is -1.96. The molecule has 100 valence electrons. The highest BCUT2D eigenvalue weighted by Gasteiger charge is 2.33. The fourth-order valence-corrected chi connectivity index (χ4v) is 1.66. The van der Waals surface area contributed by atoms with E-state index in [1.54, 1.807) is 13.1 Å². The number of hydrogen-bond acceptors (Lipinski definition) is 3. The first-order chi connectivity index (χ1) is 8.79. The van der Waals surface area contributed by atoms with Gasteiger partial charge in [0, 0.05) is 6.20 Å². The third kappa shape index (κ3) is 2.73. The first-order valence-electron chi connectivity index (χ1n) is 5.18. The van der Waals surface area contributed by atoms with Gasteiger partial charge in [0.05, 0.1) is 11.8 Å². The molecule has 0 fully saturated rings. The Labute approximate surface area is 112 Å². The lowest BCUT2D eigenvalue weighted by Gasteiger charge is -2.11. The Morgan fingerprint density at radius 3 is 2.53 bits per heavy atom. The summed E-state index contributed by atoms with van der Waals surface area (Å²) in [6.07, 6.45) is -1.48. The van der Waals surface area contributed by atoms with Crippen molar-refractivity contribution in [2.45, 2.75) is 13.1 Å². The quantitative estimate of drug-likeness (QED) is 0.860. The molecule has 2 aromatic heterocycles. The van der Waals surface area contributed by atoms with E-state index in [2.05, 4.69) is 10.1 Å². The van der Waals surface area contributed by atoms with E-state index >= 15 is 0 Å². The van der Waals surface area contributed by atoms with Crippen molar-refractivity contribution in [2.24, 2.45) is 5.73 Å². The molecule has 4 nitrogen and oxygen atoms in total. The highest BCUT2D eigenvalue weighted by Crippen LogP contribution is 2.29. The predicted molar refractivity (Wildman–Crippen MR) is 67.0 cm³/mol. The molecule has 0 saturated heterocycles. The SMILES string of the molecule is Cc1cnn(-c2nc(C(F)(F)F)ccc2C(N)=S)c1. The number of aromatic nitrogens is 3. The number of rotatable bonds is 2. The van der Waals surface area contributed by atoms with E-state index < -0.39 is 11.9 Å². The van der Waals surface area contributed by atoms with Crippen LogP contribution in [0.15, 0.2) is 24.5 Å². The predicted octanol–water partition coefficient (Wildman–Crippen LogP) is 2.23. The zero-order valence-electron chi connectivity index (χ0n) is 9.77. The summed E-state index contributed by atoms with van der Waals surface area (Å²) in [6.45, 7) is 1.76. The van der Waals surface area contributed by atoms with Crippen LogP contribution in [0.4, 0.5) is 13.2 Å². The van der Waals surface area contributed by atoms with Gasteiger partial charge in [0.2, 0.25) is 0 Å². The molecule has 0 atom stereocenters. The molecule has 19 heavy (non-hydrogen) atoms. The average molecular weight is 286 g/mol. The van der Waals surface area contributed by atoms with Gasteiger partial charge in [-0.1, -0.05) is 12.2 Å². The average Bonchev–Trinajstić information content (AvgIpc) is 2.73. The van der Waals surface area contributed by atoms with E-state index in [0.29, 0.717) is 0 Å². The van der Waals surface area contributed by atoms with Gasteiger partial charge in [-0.25, -0.2) is 9.67 Å². The van der Waals surface area contributed by atoms with Crippen LogP contribution in [0.3, 0.4) is 0 Å². The van der Waals surface area contributed by atoms with Gasteiger partial charge in [0.1, 0.15) is 10.7 Å². The molecule has 2 aromatic rings. The van der Waals surface area contributed by atoms with Gasteiger partial charge in [-0.3, -0.25) is 0 Å². The van der Waals surface area contributed by atoms with Gasteiger partial charge in [0.15, 0.2) is 5.82 Å². The Balaban J connectivity index is 2.64. The molecule has 0 bridgehead atoms. The fourth-order valence-electron chi connectivity index (χ4n) is 1.50. The third-order valence-corrected chi connectivity index (χ3v) is 2.58. The van der Waals surface area contributed by atoms with Crippen molar-refractivity contribution in [3.05, 3.63) is 41.3 Å². The minimum absolute atomic E-state index is 0.0320. The molecule has 0 spiro atoms. The number of hydrogen-bond donors (Lipinski definition) is 1. The second kappa shape index (κ2) is 4.61. The summed E-state index contributed by atoms with van der Waals surface area (Å²) in [6, 6.07) is 2.04. The summed E-state index contributed by atoms with van der Waals surface area (Å²) >= 11 is 4.81. The molecule has 0 radical (unpaired) electrons. The molecule has 8 heteroatoms. The molecule has 2 N–H and O–H groups in total. The fraction of sp³-hybridized carbons (Fsp3) is 0.182. The Kier molecular flexibility index (Phi) is 3.27. The number of thiocarbonyl (C=S) groups is 1. The highest BCUT2D eigenvalue weighted by atomic mass is 32.1. The summed E-state index contributed by atoms with van der Waals surface area (Å²) in [4.78, 5) is 3.52. The first-order valence-corrected chi connectivity index (χ1v) is 5.59. The van der Waals surface area contributed by atoms with Crippen molar-refractivity contribution in [3.63, 3.8) is 0 Å². The number of pyridine rings is 1. The van der Waals surface area contributed by atoms with E-state index in [1.807, 2.05) is 0 Å². The third-order valence-electron chi connectivity index (χ3n) is 2.36. The van der Waals surface area contributed by atoms with Gasteiger partial charge < -0.3 is 5.73 Å². The van der Waals surface area contributed by atoms with Crippen LogP contribution < -0.4 is 5.73 Å². The van der Waals surface area contributed by atoms with Crippen molar-refractivity contribution < 1.29 is 13.2 Å². The molecule has 0 unspecified atom stereocenters. The van der Waals surface area contributed by atoms with Crippen molar-refractivity contribution in [2.75, 3.05) is 0 Å². The molecule has 0 aromatic carbocycles. The first kappa shape index (κ1) is 13.5. The molecular weight excluding hydrogens is 277 g/mol. The van der Waals surface area contributed by atoms with E-state index in [9.17, 15) is 13.2 Å². The van der Waals surface area contributed by atoms with Gasteiger partial charge >= 0.3 is 6.18 Å². The zero-order valence-corrected chi connectivity index (χ0v) is 10.6. The van der Waals surface area contributed by atoms with E-state index in [0.717, 1.165) is 11.6 Å². The van der Waals surface area contributed by atoms with E-state index in [-0.39, 0.29) is 16.4 Å². The largest absolute Gasteiger partial charge is 0.433 e. The van der Waals surface area contributed by atoms with E-state index in [1.165, 1.54) is 16.9 Å². The minimum Gasteiger partial charge on any atom is -0.389 e. The van der Waals surface area contributed by atoms with Crippen LogP contribution >= 0.6 is 12.2 Å². The molecule has 0 aliphatic rings. The Morgan fingerprint density at radius 2 is 2.05 bits per heavy atom. The van der Waals surface area contributed by atoms with Crippen LogP contribution in [0, 0.1) is 6.92 Å². The topological polar surface area (TPSA) is 56.7 Å². The lowest BCUT2D eigenvalue weighted by Crippen LogP contribution is -2.18. The second-order valence-corrected chi connectivity index (χ2v) is 4.33. The number of nitrogens with two attached hydrogens (primary N) is 1. The summed E-state index contributed by atoms with van der Waals surface area (Å²) in [5, 5.41) is 3.92. The summed E-state index contributed by atoms with van der Waals surface area (Å²) in [5.41, 5.74) is 5.50. The van der Waals surface area contributed by atoms with Crippen LogP contribution in [0.25, 0.3) is 5.82 Å². The standard InChI is InChI=1S/C11H9F3N4S/c1-6-4-16-18(5-6)10-7(9(15)19)2-3-8(17-10)11(12,13)14/h2-5H,1H3,(H2,15,19).